The van der Waals surface area contributed by atoms with Gasteiger partial charge >= 0.3 is 0 Å². The Hall–Kier alpha value is -2.09. The van der Waals surface area contributed by atoms with E-state index in [9.17, 15) is 0 Å². The number of rotatable bonds is 4. The molecule has 0 aliphatic carbocycles. The topological polar surface area (TPSA) is 75.2 Å². The molecule has 2 aromatic carbocycles. The summed E-state index contributed by atoms with van der Waals surface area (Å²) < 4.78 is 12.1. The van der Waals surface area contributed by atoms with E-state index in [1.165, 1.54) is 16.4 Å². The second kappa shape index (κ2) is 6.67. The van der Waals surface area contributed by atoms with Crippen molar-refractivity contribution in [3.8, 4) is 22.9 Å². The highest BCUT2D eigenvalue weighted by molar-refractivity contribution is 7.98. The van der Waals surface area contributed by atoms with Gasteiger partial charge in [0.15, 0.2) is 17.3 Å². The van der Waals surface area contributed by atoms with Crippen molar-refractivity contribution in [1.82, 2.24) is 14.9 Å². The number of hydrogen-bond donors (Lipinski definition) is 1. The zero-order valence-electron chi connectivity index (χ0n) is 12.8. The van der Waals surface area contributed by atoms with Crippen LogP contribution in [0, 0.1) is 0 Å². The highest BCUT2D eigenvalue weighted by Gasteiger charge is 2.17. The number of nitrogen functional groups attached to an aromatic ring is 1. The van der Waals surface area contributed by atoms with Gasteiger partial charge in [0, 0.05) is 16.3 Å². The van der Waals surface area contributed by atoms with E-state index in [4.69, 9.17) is 38.5 Å². The minimum Gasteiger partial charge on any atom is -0.454 e. The van der Waals surface area contributed by atoms with Crippen LogP contribution in [0.15, 0.2) is 41.6 Å². The number of aromatic nitrogens is 3. The fourth-order valence-corrected chi connectivity index (χ4v) is 3.70. The largest absolute Gasteiger partial charge is 0.454 e. The molecule has 25 heavy (non-hydrogen) atoms. The highest BCUT2D eigenvalue weighted by atomic mass is 35.5. The first-order valence-corrected chi connectivity index (χ1v) is 9.03. The van der Waals surface area contributed by atoms with E-state index in [1.54, 1.807) is 18.2 Å². The van der Waals surface area contributed by atoms with E-state index in [0.29, 0.717) is 32.3 Å². The number of fused-ring (bicyclic) bond motifs is 1. The van der Waals surface area contributed by atoms with Crippen LogP contribution in [0.1, 0.15) is 5.56 Å². The van der Waals surface area contributed by atoms with Crippen molar-refractivity contribution in [2.24, 2.45) is 0 Å². The SMILES string of the molecule is Nn1c(SCc2ccc3c(c2)OCO3)nnc1-c1ccc(Cl)cc1Cl. The lowest BCUT2D eigenvalue weighted by atomic mass is 10.2. The third-order valence-electron chi connectivity index (χ3n) is 3.64. The van der Waals surface area contributed by atoms with Crippen LogP contribution < -0.4 is 15.3 Å². The van der Waals surface area contributed by atoms with Crippen molar-refractivity contribution < 1.29 is 9.47 Å². The van der Waals surface area contributed by atoms with Crippen LogP contribution in [-0.2, 0) is 5.75 Å². The van der Waals surface area contributed by atoms with E-state index in [-0.39, 0.29) is 6.79 Å². The number of nitrogens with two attached hydrogens (primary N) is 1. The third-order valence-corrected chi connectivity index (χ3v) is 5.20. The predicted molar refractivity (Wildman–Crippen MR) is 97.8 cm³/mol. The maximum absolute atomic E-state index is 6.22. The molecule has 0 saturated heterocycles. The van der Waals surface area contributed by atoms with Crippen molar-refractivity contribution in [1.29, 1.82) is 0 Å². The van der Waals surface area contributed by atoms with Gasteiger partial charge in [-0.05, 0) is 35.9 Å². The Morgan fingerprint density at radius 2 is 1.92 bits per heavy atom. The summed E-state index contributed by atoms with van der Waals surface area (Å²) in [5.41, 5.74) is 1.75. The van der Waals surface area contributed by atoms with Crippen molar-refractivity contribution >= 4 is 35.0 Å². The molecule has 0 saturated carbocycles. The Bertz CT molecular complexity index is 948. The third kappa shape index (κ3) is 3.22. The summed E-state index contributed by atoms with van der Waals surface area (Å²) >= 11 is 13.6. The molecule has 0 atom stereocenters. The molecule has 6 nitrogen and oxygen atoms in total. The number of ether oxygens (including phenoxy) is 2. The summed E-state index contributed by atoms with van der Waals surface area (Å²) in [7, 11) is 0. The standard InChI is InChI=1S/C16H12Cl2N4O2S/c17-10-2-3-11(12(18)6-10)15-20-21-16(22(15)19)25-7-9-1-4-13-14(5-9)24-8-23-13/h1-6H,7-8,19H2. The lowest BCUT2D eigenvalue weighted by Gasteiger charge is -2.06. The first-order valence-electron chi connectivity index (χ1n) is 7.29. The highest BCUT2D eigenvalue weighted by Crippen LogP contribution is 2.35. The first kappa shape index (κ1) is 16.4. The average Bonchev–Trinajstić information content (AvgIpc) is 3.19. The first-order chi connectivity index (χ1) is 12.1. The molecule has 1 aromatic heterocycles. The fourth-order valence-electron chi connectivity index (χ4n) is 2.41. The minimum absolute atomic E-state index is 0.258. The second-order valence-electron chi connectivity index (χ2n) is 5.28. The van der Waals surface area contributed by atoms with Crippen molar-refractivity contribution in [3.05, 3.63) is 52.0 Å². The minimum atomic E-state index is 0.258. The number of benzene rings is 2. The van der Waals surface area contributed by atoms with Crippen molar-refractivity contribution in [2.75, 3.05) is 12.6 Å². The van der Waals surface area contributed by atoms with Gasteiger partial charge in [0.25, 0.3) is 0 Å². The van der Waals surface area contributed by atoms with Crippen LogP contribution in [0.5, 0.6) is 11.5 Å². The lowest BCUT2D eigenvalue weighted by molar-refractivity contribution is 0.174. The van der Waals surface area contributed by atoms with Crippen LogP contribution >= 0.6 is 35.0 Å². The molecule has 0 amide bonds. The molecule has 2 heterocycles. The summed E-state index contributed by atoms with van der Waals surface area (Å²) in [6.07, 6.45) is 0. The Labute approximate surface area is 157 Å². The quantitative estimate of drug-likeness (QED) is 0.532. The molecule has 128 valence electrons. The van der Waals surface area contributed by atoms with Crippen LogP contribution in [0.25, 0.3) is 11.4 Å². The zero-order valence-corrected chi connectivity index (χ0v) is 15.1. The number of halogens is 2. The Morgan fingerprint density at radius 1 is 1.08 bits per heavy atom. The zero-order chi connectivity index (χ0) is 17.4. The molecule has 2 N–H and O–H groups in total. The molecule has 0 radical (unpaired) electrons. The number of hydrogen-bond acceptors (Lipinski definition) is 6. The van der Waals surface area contributed by atoms with Crippen LogP contribution in [0.4, 0.5) is 0 Å². The monoisotopic (exact) mass is 394 g/mol. The molecular formula is C16H12Cl2N4O2S. The molecule has 3 aromatic rings. The normalized spacial score (nSPS) is 12.6. The van der Waals surface area contributed by atoms with Gasteiger partial charge < -0.3 is 15.3 Å². The molecule has 0 spiro atoms. The molecule has 0 fully saturated rings. The molecular weight excluding hydrogens is 383 g/mol. The van der Waals surface area contributed by atoms with E-state index >= 15 is 0 Å². The molecule has 9 heteroatoms. The lowest BCUT2D eigenvalue weighted by Crippen LogP contribution is -2.11. The van der Waals surface area contributed by atoms with Crippen LogP contribution in [0.3, 0.4) is 0 Å². The number of thioether (sulfide) groups is 1. The summed E-state index contributed by atoms with van der Waals surface area (Å²) in [5.74, 6) is 8.79. The van der Waals surface area contributed by atoms with Gasteiger partial charge in [-0.15, -0.1) is 10.2 Å². The van der Waals surface area contributed by atoms with E-state index in [2.05, 4.69) is 10.2 Å². The Morgan fingerprint density at radius 3 is 2.76 bits per heavy atom. The van der Waals surface area contributed by atoms with Gasteiger partial charge in [0.2, 0.25) is 11.9 Å². The molecule has 1 aliphatic heterocycles. The molecule has 0 unspecified atom stereocenters. The van der Waals surface area contributed by atoms with Gasteiger partial charge in [-0.25, -0.2) is 4.68 Å². The van der Waals surface area contributed by atoms with E-state index < -0.39 is 0 Å². The van der Waals surface area contributed by atoms with Gasteiger partial charge in [0.1, 0.15) is 0 Å². The molecule has 4 rings (SSSR count). The van der Waals surface area contributed by atoms with Gasteiger partial charge in [-0.2, -0.15) is 0 Å². The van der Waals surface area contributed by atoms with Gasteiger partial charge in [-0.3, -0.25) is 0 Å². The summed E-state index contributed by atoms with van der Waals surface area (Å²) in [5, 5.41) is 9.89. The van der Waals surface area contributed by atoms with Gasteiger partial charge in [0.05, 0.1) is 5.02 Å². The summed E-state index contributed by atoms with van der Waals surface area (Å²) in [6.45, 7) is 0.258. The maximum atomic E-state index is 6.22. The predicted octanol–water partition coefficient (Wildman–Crippen LogP) is 3.99. The van der Waals surface area contributed by atoms with Crippen molar-refractivity contribution in [2.45, 2.75) is 10.9 Å². The Kier molecular flexibility index (Phi) is 4.37. The summed E-state index contributed by atoms with van der Waals surface area (Å²) in [6, 6.07) is 11.0. The van der Waals surface area contributed by atoms with Gasteiger partial charge in [-0.1, -0.05) is 41.0 Å². The number of nitrogens with zero attached hydrogens (tertiary/aromatic N) is 3. The Balaban J connectivity index is 1.53. The van der Waals surface area contributed by atoms with Crippen LogP contribution in [-0.4, -0.2) is 21.7 Å². The fraction of sp³-hybridized carbons (Fsp3) is 0.125. The summed E-state index contributed by atoms with van der Waals surface area (Å²) in [4.78, 5) is 0. The smallest absolute Gasteiger partial charge is 0.231 e. The van der Waals surface area contributed by atoms with Crippen LogP contribution in [0.2, 0.25) is 10.0 Å². The second-order valence-corrected chi connectivity index (χ2v) is 7.06. The average molecular weight is 395 g/mol. The maximum Gasteiger partial charge on any atom is 0.231 e. The van der Waals surface area contributed by atoms with E-state index in [0.717, 1.165) is 17.1 Å². The van der Waals surface area contributed by atoms with Crippen molar-refractivity contribution in [3.63, 3.8) is 0 Å². The molecule has 0 bridgehead atoms. The molecule has 1 aliphatic rings. The van der Waals surface area contributed by atoms with E-state index in [1.807, 2.05) is 18.2 Å².